The Labute approximate surface area is 270 Å². The van der Waals surface area contributed by atoms with Crippen LogP contribution in [0.4, 0.5) is 0 Å². The average Bonchev–Trinajstić information content (AvgIpc) is 3.64. The molecule has 0 saturated heterocycles. The van der Waals surface area contributed by atoms with Crippen LogP contribution in [0.1, 0.15) is 22.3 Å². The van der Waals surface area contributed by atoms with Crippen LogP contribution >= 0.6 is 11.3 Å². The minimum atomic E-state index is -0.370. The van der Waals surface area contributed by atoms with Crippen LogP contribution < -0.4 is 0 Å². The van der Waals surface area contributed by atoms with E-state index in [0.717, 1.165) is 0 Å². The molecule has 9 aromatic rings. The molecule has 0 saturated carbocycles. The van der Waals surface area contributed by atoms with Crippen LogP contribution in [-0.4, -0.2) is 0 Å². The molecule has 2 aliphatic rings. The van der Waals surface area contributed by atoms with Crippen molar-refractivity contribution in [1.82, 2.24) is 0 Å². The molecule has 1 spiro atoms. The zero-order valence-corrected chi connectivity index (χ0v) is 25.7. The van der Waals surface area contributed by atoms with Crippen LogP contribution in [-0.2, 0) is 5.41 Å². The highest BCUT2D eigenvalue weighted by molar-refractivity contribution is 7.26. The third-order valence-electron chi connectivity index (χ3n) is 10.7. The second-order valence-electron chi connectivity index (χ2n) is 12.7. The van der Waals surface area contributed by atoms with E-state index in [1.807, 2.05) is 11.3 Å². The van der Waals surface area contributed by atoms with E-state index >= 15 is 0 Å². The van der Waals surface area contributed by atoms with Crippen LogP contribution in [0.25, 0.3) is 75.1 Å². The first-order chi connectivity index (χ1) is 22.8. The Morgan fingerprint density at radius 2 is 0.957 bits per heavy atom. The summed E-state index contributed by atoms with van der Waals surface area (Å²) in [6.45, 7) is 0. The first-order valence-corrected chi connectivity index (χ1v) is 16.8. The van der Waals surface area contributed by atoms with Gasteiger partial charge in [0.2, 0.25) is 0 Å². The van der Waals surface area contributed by atoms with E-state index in [4.69, 9.17) is 0 Å². The van der Waals surface area contributed by atoms with Crippen LogP contribution in [0.3, 0.4) is 0 Å². The van der Waals surface area contributed by atoms with Gasteiger partial charge < -0.3 is 0 Å². The standard InChI is InChI=1S/C45H26S/c1-2-11-30-27(10-1)21-25-41-44(30)36-22-20-28(26-42(36)46-41)29-23-24-35-33-14-5-8-18-39(33)45(40-19-9-15-34(29)43(35)40)37-16-6-3-12-31(37)32-13-4-7-17-38(32)45/h1-26H. The first kappa shape index (κ1) is 24.8. The third kappa shape index (κ3) is 2.95. The molecule has 0 N–H and O–H groups in total. The van der Waals surface area contributed by atoms with E-state index in [0.29, 0.717) is 0 Å². The summed E-state index contributed by atoms with van der Waals surface area (Å²) in [5, 5.41) is 8.03. The highest BCUT2D eigenvalue weighted by Gasteiger charge is 2.49. The lowest BCUT2D eigenvalue weighted by molar-refractivity contribution is 0.773. The summed E-state index contributed by atoms with van der Waals surface area (Å²) in [6, 6.07) is 59.4. The minimum absolute atomic E-state index is 0.370. The van der Waals surface area contributed by atoms with Crippen molar-refractivity contribution in [2.75, 3.05) is 0 Å². The van der Waals surface area contributed by atoms with Crippen molar-refractivity contribution >= 4 is 53.1 Å². The summed E-state index contributed by atoms with van der Waals surface area (Å²) in [4.78, 5) is 0. The quantitative estimate of drug-likeness (QED) is 0.176. The van der Waals surface area contributed by atoms with Crippen LogP contribution in [0.2, 0.25) is 0 Å². The van der Waals surface area contributed by atoms with Gasteiger partial charge in [-0.15, -0.1) is 11.3 Å². The van der Waals surface area contributed by atoms with Gasteiger partial charge in [0.15, 0.2) is 0 Å². The summed E-state index contributed by atoms with van der Waals surface area (Å²) >= 11 is 1.90. The van der Waals surface area contributed by atoms with E-state index in [-0.39, 0.29) is 5.41 Å². The zero-order chi connectivity index (χ0) is 30.0. The molecule has 1 heterocycles. The largest absolute Gasteiger partial charge is 0.135 e. The molecular weight excluding hydrogens is 573 g/mol. The molecule has 0 radical (unpaired) electrons. The highest BCUT2D eigenvalue weighted by Crippen LogP contribution is 2.62. The van der Waals surface area contributed by atoms with Gasteiger partial charge in [0.1, 0.15) is 0 Å². The zero-order valence-electron chi connectivity index (χ0n) is 24.9. The molecule has 8 aromatic carbocycles. The van der Waals surface area contributed by atoms with Gasteiger partial charge in [-0.25, -0.2) is 0 Å². The molecule has 212 valence electrons. The molecule has 0 fully saturated rings. The lowest BCUT2D eigenvalue weighted by atomic mass is 9.61. The van der Waals surface area contributed by atoms with Gasteiger partial charge in [-0.1, -0.05) is 146 Å². The number of benzene rings is 8. The molecule has 0 atom stereocenters. The third-order valence-corrected chi connectivity index (χ3v) is 11.8. The van der Waals surface area contributed by atoms with E-state index in [1.165, 1.54) is 97.4 Å². The topological polar surface area (TPSA) is 0 Å². The summed E-state index contributed by atoms with van der Waals surface area (Å²) in [7, 11) is 0. The smallest absolute Gasteiger partial charge is 0.0725 e. The SMILES string of the molecule is c1ccc2c(c1)-c1ccccc1C21c2ccccc2-c2ccc(-c3ccc4c(c3)sc3ccc5ccccc5c34)c3cccc1c23. The fraction of sp³-hybridized carbons (Fsp3) is 0.0222. The molecule has 46 heavy (non-hydrogen) atoms. The van der Waals surface area contributed by atoms with E-state index in [1.54, 1.807) is 0 Å². The van der Waals surface area contributed by atoms with Crippen LogP contribution in [0.15, 0.2) is 158 Å². The second kappa shape index (κ2) is 8.81. The Morgan fingerprint density at radius 1 is 0.348 bits per heavy atom. The number of thiophene rings is 1. The van der Waals surface area contributed by atoms with Gasteiger partial charge in [-0.05, 0) is 89.3 Å². The average molecular weight is 599 g/mol. The van der Waals surface area contributed by atoms with Gasteiger partial charge in [0.05, 0.1) is 5.41 Å². The minimum Gasteiger partial charge on any atom is -0.135 e. The van der Waals surface area contributed by atoms with Crippen LogP contribution in [0.5, 0.6) is 0 Å². The maximum Gasteiger partial charge on any atom is 0.0725 e. The second-order valence-corrected chi connectivity index (χ2v) is 13.8. The fourth-order valence-electron chi connectivity index (χ4n) is 8.91. The van der Waals surface area contributed by atoms with Gasteiger partial charge in [-0.3, -0.25) is 0 Å². The number of hydrogen-bond donors (Lipinski definition) is 0. The van der Waals surface area contributed by atoms with Crippen molar-refractivity contribution < 1.29 is 0 Å². The monoisotopic (exact) mass is 598 g/mol. The fourth-order valence-corrected chi connectivity index (χ4v) is 10.1. The number of fused-ring (bicyclic) bond motifs is 14. The van der Waals surface area contributed by atoms with Crippen molar-refractivity contribution in [1.29, 1.82) is 0 Å². The molecule has 0 nitrogen and oxygen atoms in total. The lowest BCUT2D eigenvalue weighted by Crippen LogP contribution is -2.31. The Hall–Kier alpha value is -5.50. The molecule has 0 unspecified atom stereocenters. The predicted octanol–water partition coefficient (Wildman–Crippen LogP) is 12.4. The Morgan fingerprint density at radius 3 is 1.72 bits per heavy atom. The maximum atomic E-state index is 2.42. The molecule has 1 heteroatoms. The summed E-state index contributed by atoms with van der Waals surface area (Å²) < 4.78 is 2.68. The van der Waals surface area contributed by atoms with Crippen molar-refractivity contribution in [2.45, 2.75) is 5.41 Å². The maximum absolute atomic E-state index is 2.42. The Kier molecular flexibility index (Phi) is 4.75. The Bertz CT molecular complexity index is 2710. The summed E-state index contributed by atoms with van der Waals surface area (Å²) in [5.41, 5.74) is 13.0. The lowest BCUT2D eigenvalue weighted by Gasteiger charge is -2.40. The molecule has 2 aliphatic carbocycles. The van der Waals surface area contributed by atoms with Crippen molar-refractivity contribution in [3.05, 3.63) is 180 Å². The molecular formula is C45H26S. The van der Waals surface area contributed by atoms with Crippen LogP contribution in [0, 0.1) is 0 Å². The van der Waals surface area contributed by atoms with E-state index in [2.05, 4.69) is 158 Å². The Balaban J connectivity index is 1.23. The molecule has 0 amide bonds. The molecule has 1 aromatic heterocycles. The van der Waals surface area contributed by atoms with Crippen molar-refractivity contribution in [3.63, 3.8) is 0 Å². The van der Waals surface area contributed by atoms with Gasteiger partial charge in [-0.2, -0.15) is 0 Å². The normalized spacial score (nSPS) is 13.8. The predicted molar refractivity (Wildman–Crippen MR) is 196 cm³/mol. The number of rotatable bonds is 1. The first-order valence-electron chi connectivity index (χ1n) is 16.0. The molecule has 11 rings (SSSR count). The molecule has 0 aliphatic heterocycles. The summed E-state index contributed by atoms with van der Waals surface area (Å²) in [6.07, 6.45) is 0. The highest BCUT2D eigenvalue weighted by atomic mass is 32.1. The molecule has 0 bridgehead atoms. The van der Waals surface area contributed by atoms with E-state index in [9.17, 15) is 0 Å². The van der Waals surface area contributed by atoms with Crippen molar-refractivity contribution in [3.8, 4) is 33.4 Å². The van der Waals surface area contributed by atoms with Gasteiger partial charge in [0.25, 0.3) is 0 Å². The van der Waals surface area contributed by atoms with Crippen molar-refractivity contribution in [2.24, 2.45) is 0 Å². The van der Waals surface area contributed by atoms with Gasteiger partial charge in [0, 0.05) is 20.2 Å². The number of hydrogen-bond acceptors (Lipinski definition) is 1. The van der Waals surface area contributed by atoms with Gasteiger partial charge >= 0.3 is 0 Å². The summed E-state index contributed by atoms with van der Waals surface area (Å²) in [5.74, 6) is 0. The van der Waals surface area contributed by atoms with E-state index < -0.39 is 0 Å².